The van der Waals surface area contributed by atoms with Gasteiger partial charge in [0.1, 0.15) is 0 Å². The molecule has 1 aromatic heterocycles. The number of ether oxygens (including phenoxy) is 1. The van der Waals surface area contributed by atoms with Crippen LogP contribution >= 0.6 is 0 Å². The highest BCUT2D eigenvalue weighted by atomic mass is 16.5. The van der Waals surface area contributed by atoms with Gasteiger partial charge in [0.25, 0.3) is 0 Å². The molecular formula is C12H17NO2. The highest BCUT2D eigenvalue weighted by Crippen LogP contribution is 2.04. The molecule has 0 atom stereocenters. The maximum absolute atomic E-state index is 11.0. The van der Waals surface area contributed by atoms with Gasteiger partial charge in [-0.15, -0.1) is 0 Å². The van der Waals surface area contributed by atoms with Gasteiger partial charge in [-0.2, -0.15) is 0 Å². The molecule has 15 heavy (non-hydrogen) atoms. The van der Waals surface area contributed by atoms with Crippen molar-refractivity contribution >= 4 is 5.97 Å². The quantitative estimate of drug-likeness (QED) is 0.531. The first-order chi connectivity index (χ1) is 7.33. The minimum absolute atomic E-state index is 0.0986. The van der Waals surface area contributed by atoms with Gasteiger partial charge in [-0.3, -0.25) is 9.78 Å². The number of carbonyl (C=O) groups excluding carboxylic acids is 1. The molecule has 0 bridgehead atoms. The molecule has 0 fully saturated rings. The maximum atomic E-state index is 11.0. The molecule has 3 heteroatoms. The lowest BCUT2D eigenvalue weighted by molar-refractivity contribution is -0.143. The summed E-state index contributed by atoms with van der Waals surface area (Å²) in [6, 6.07) is 5.89. The van der Waals surface area contributed by atoms with Crippen LogP contribution in [-0.2, 0) is 16.0 Å². The van der Waals surface area contributed by atoms with E-state index in [-0.39, 0.29) is 5.97 Å². The summed E-state index contributed by atoms with van der Waals surface area (Å²) >= 11 is 0. The predicted molar refractivity (Wildman–Crippen MR) is 58.4 cm³/mol. The van der Waals surface area contributed by atoms with E-state index in [0.717, 1.165) is 25.0 Å². The highest BCUT2D eigenvalue weighted by Gasteiger charge is 2.01. The molecule has 1 rings (SSSR count). The number of rotatable bonds is 6. The first kappa shape index (κ1) is 11.7. The van der Waals surface area contributed by atoms with Crippen molar-refractivity contribution in [3.8, 4) is 0 Å². The third kappa shape index (κ3) is 5.15. The molecule has 0 saturated heterocycles. The molecule has 0 radical (unpaired) electrons. The van der Waals surface area contributed by atoms with E-state index in [1.165, 1.54) is 0 Å². The van der Waals surface area contributed by atoms with E-state index >= 15 is 0 Å². The average molecular weight is 207 g/mol. The molecule has 0 unspecified atom stereocenters. The number of aromatic nitrogens is 1. The number of hydrogen-bond donors (Lipinski definition) is 0. The van der Waals surface area contributed by atoms with Crippen molar-refractivity contribution in [2.45, 2.75) is 32.6 Å². The van der Waals surface area contributed by atoms with Gasteiger partial charge >= 0.3 is 5.97 Å². The van der Waals surface area contributed by atoms with Crippen LogP contribution < -0.4 is 0 Å². The Morgan fingerprint density at radius 1 is 1.40 bits per heavy atom. The standard InChI is InChI=1S/C12H17NO2/c1-2-15-12(14)9-4-3-7-11-8-5-6-10-13-11/h5-6,8,10H,2-4,7,9H2,1H3. The fraction of sp³-hybridized carbons (Fsp3) is 0.500. The second-order valence-electron chi connectivity index (χ2n) is 3.33. The number of hydrogen-bond acceptors (Lipinski definition) is 3. The molecule has 0 aliphatic heterocycles. The molecule has 0 N–H and O–H groups in total. The topological polar surface area (TPSA) is 39.2 Å². The van der Waals surface area contributed by atoms with Crippen LogP contribution in [0.15, 0.2) is 24.4 Å². The Morgan fingerprint density at radius 2 is 2.27 bits per heavy atom. The van der Waals surface area contributed by atoms with Crippen LogP contribution in [0.5, 0.6) is 0 Å². The highest BCUT2D eigenvalue weighted by molar-refractivity contribution is 5.69. The van der Waals surface area contributed by atoms with Gasteiger partial charge in [-0.1, -0.05) is 6.07 Å². The molecule has 0 aromatic carbocycles. The first-order valence-corrected chi connectivity index (χ1v) is 5.38. The van der Waals surface area contributed by atoms with Gasteiger partial charge in [0, 0.05) is 18.3 Å². The summed E-state index contributed by atoms with van der Waals surface area (Å²) in [7, 11) is 0. The van der Waals surface area contributed by atoms with Gasteiger partial charge < -0.3 is 4.74 Å². The zero-order chi connectivity index (χ0) is 10.9. The van der Waals surface area contributed by atoms with E-state index in [1.54, 1.807) is 6.20 Å². The van der Waals surface area contributed by atoms with Gasteiger partial charge in [0.15, 0.2) is 0 Å². The van der Waals surface area contributed by atoms with Crippen molar-refractivity contribution in [1.82, 2.24) is 4.98 Å². The molecule has 82 valence electrons. The van der Waals surface area contributed by atoms with Gasteiger partial charge in [-0.05, 0) is 38.3 Å². The molecule has 1 heterocycles. The van der Waals surface area contributed by atoms with E-state index in [2.05, 4.69) is 4.98 Å². The fourth-order valence-corrected chi connectivity index (χ4v) is 1.35. The van der Waals surface area contributed by atoms with Crippen LogP contribution in [0, 0.1) is 0 Å². The van der Waals surface area contributed by atoms with Crippen molar-refractivity contribution in [2.24, 2.45) is 0 Å². The Labute approximate surface area is 90.5 Å². The van der Waals surface area contributed by atoms with Crippen LogP contribution in [0.2, 0.25) is 0 Å². The second-order valence-corrected chi connectivity index (χ2v) is 3.33. The molecule has 3 nitrogen and oxygen atoms in total. The Hall–Kier alpha value is -1.38. The lowest BCUT2D eigenvalue weighted by atomic mass is 10.1. The van der Waals surface area contributed by atoms with Gasteiger partial charge in [0.05, 0.1) is 6.61 Å². The second kappa shape index (κ2) is 6.98. The van der Waals surface area contributed by atoms with Crippen LogP contribution in [0.3, 0.4) is 0 Å². The summed E-state index contributed by atoms with van der Waals surface area (Å²) in [5, 5.41) is 0. The first-order valence-electron chi connectivity index (χ1n) is 5.38. The Morgan fingerprint density at radius 3 is 2.93 bits per heavy atom. The van der Waals surface area contributed by atoms with Crippen LogP contribution in [0.4, 0.5) is 0 Å². The van der Waals surface area contributed by atoms with E-state index in [1.807, 2.05) is 25.1 Å². The van der Waals surface area contributed by atoms with Crippen LogP contribution in [-0.4, -0.2) is 17.6 Å². The van der Waals surface area contributed by atoms with E-state index in [0.29, 0.717) is 13.0 Å². The lowest BCUT2D eigenvalue weighted by Gasteiger charge is -2.01. The summed E-state index contributed by atoms with van der Waals surface area (Å²) in [5.41, 5.74) is 1.08. The van der Waals surface area contributed by atoms with E-state index in [9.17, 15) is 4.79 Å². The van der Waals surface area contributed by atoms with Crippen molar-refractivity contribution in [1.29, 1.82) is 0 Å². The number of carbonyl (C=O) groups is 1. The molecule has 0 amide bonds. The SMILES string of the molecule is CCOC(=O)CCCCc1ccccn1. The monoisotopic (exact) mass is 207 g/mol. The predicted octanol–water partition coefficient (Wildman–Crippen LogP) is 2.36. The molecule has 0 aliphatic carbocycles. The van der Waals surface area contributed by atoms with Crippen molar-refractivity contribution < 1.29 is 9.53 Å². The van der Waals surface area contributed by atoms with Crippen molar-refractivity contribution in [3.05, 3.63) is 30.1 Å². The minimum Gasteiger partial charge on any atom is -0.466 e. The summed E-state index contributed by atoms with van der Waals surface area (Å²) in [6.07, 6.45) is 5.09. The third-order valence-corrected chi connectivity index (χ3v) is 2.10. The molecule has 0 saturated carbocycles. The smallest absolute Gasteiger partial charge is 0.305 e. The molecule has 1 aromatic rings. The summed E-state index contributed by atoms with van der Waals surface area (Å²) in [4.78, 5) is 15.2. The van der Waals surface area contributed by atoms with E-state index in [4.69, 9.17) is 4.74 Å². The molecular weight excluding hydrogens is 190 g/mol. The minimum atomic E-state index is -0.0986. The lowest BCUT2D eigenvalue weighted by Crippen LogP contribution is -2.03. The number of esters is 1. The van der Waals surface area contributed by atoms with E-state index < -0.39 is 0 Å². The number of nitrogens with zero attached hydrogens (tertiary/aromatic N) is 1. The fourth-order valence-electron chi connectivity index (χ4n) is 1.35. The van der Waals surface area contributed by atoms with Gasteiger partial charge in [-0.25, -0.2) is 0 Å². The van der Waals surface area contributed by atoms with Crippen molar-refractivity contribution in [2.75, 3.05) is 6.61 Å². The summed E-state index contributed by atoms with van der Waals surface area (Å²) < 4.78 is 4.84. The third-order valence-electron chi connectivity index (χ3n) is 2.10. The van der Waals surface area contributed by atoms with Crippen LogP contribution in [0.1, 0.15) is 31.9 Å². The molecule has 0 spiro atoms. The summed E-state index contributed by atoms with van der Waals surface area (Å²) in [5.74, 6) is -0.0986. The van der Waals surface area contributed by atoms with Crippen molar-refractivity contribution in [3.63, 3.8) is 0 Å². The Balaban J connectivity index is 2.10. The largest absolute Gasteiger partial charge is 0.466 e. The van der Waals surface area contributed by atoms with Crippen LogP contribution in [0.25, 0.3) is 0 Å². The summed E-state index contributed by atoms with van der Waals surface area (Å²) in [6.45, 7) is 2.30. The Bertz CT molecular complexity index is 285. The average Bonchev–Trinajstić information content (AvgIpc) is 2.26. The number of aryl methyl sites for hydroxylation is 1. The zero-order valence-electron chi connectivity index (χ0n) is 9.11. The number of pyridine rings is 1. The zero-order valence-corrected chi connectivity index (χ0v) is 9.11. The normalized spacial score (nSPS) is 9.93. The maximum Gasteiger partial charge on any atom is 0.305 e. The Kier molecular flexibility index (Phi) is 5.44. The number of unbranched alkanes of at least 4 members (excludes halogenated alkanes) is 1. The molecule has 0 aliphatic rings. The van der Waals surface area contributed by atoms with Gasteiger partial charge in [0.2, 0.25) is 0 Å².